The second-order valence-electron chi connectivity index (χ2n) is 10.8. The number of hydrogen-bond acceptors (Lipinski definition) is 8. The molecule has 2 aromatic rings. The summed E-state index contributed by atoms with van der Waals surface area (Å²) in [5.41, 5.74) is 0.323. The van der Waals surface area contributed by atoms with Crippen molar-refractivity contribution in [2.75, 3.05) is 13.7 Å². The predicted molar refractivity (Wildman–Crippen MR) is 133 cm³/mol. The van der Waals surface area contributed by atoms with E-state index >= 15 is 0 Å². The van der Waals surface area contributed by atoms with Crippen molar-refractivity contribution in [2.24, 2.45) is 5.92 Å². The minimum atomic E-state index is -0.733. The van der Waals surface area contributed by atoms with Crippen LogP contribution in [0.5, 0.6) is 11.5 Å². The van der Waals surface area contributed by atoms with Crippen molar-refractivity contribution in [3.8, 4) is 11.5 Å². The number of nitrogens with zero attached hydrogens (tertiary/aromatic N) is 2. The van der Waals surface area contributed by atoms with Gasteiger partial charge in [0, 0.05) is 29.5 Å². The molecule has 5 rings (SSSR count). The molecule has 192 valence electrons. The highest BCUT2D eigenvalue weighted by Crippen LogP contribution is 2.49. The molecule has 1 amide bonds. The number of fused-ring (bicyclic) bond motifs is 1. The van der Waals surface area contributed by atoms with E-state index in [1.165, 1.54) is 0 Å². The molecule has 1 aliphatic carbocycles. The van der Waals surface area contributed by atoms with E-state index < -0.39 is 29.5 Å². The van der Waals surface area contributed by atoms with Crippen LogP contribution in [0.25, 0.3) is 10.9 Å². The summed E-state index contributed by atoms with van der Waals surface area (Å²) in [5.74, 6) is 1.16. The van der Waals surface area contributed by atoms with Crippen LogP contribution in [0.3, 0.4) is 0 Å². The lowest BCUT2D eigenvalue weighted by atomic mass is 10.1. The van der Waals surface area contributed by atoms with Gasteiger partial charge in [0.1, 0.15) is 28.7 Å². The molecular formula is C27H33N3O6. The maximum atomic E-state index is 13.2. The summed E-state index contributed by atoms with van der Waals surface area (Å²) in [7, 11) is 1.63. The molecule has 5 atom stereocenters. The van der Waals surface area contributed by atoms with Crippen LogP contribution in [-0.4, -0.2) is 65.1 Å². The Labute approximate surface area is 210 Å². The lowest BCUT2D eigenvalue weighted by Crippen LogP contribution is -2.50. The van der Waals surface area contributed by atoms with Gasteiger partial charge in [-0.3, -0.25) is 15.2 Å². The van der Waals surface area contributed by atoms with Crippen LogP contribution in [-0.2, 0) is 14.3 Å². The number of esters is 1. The zero-order chi connectivity index (χ0) is 25.8. The van der Waals surface area contributed by atoms with Gasteiger partial charge >= 0.3 is 12.1 Å². The van der Waals surface area contributed by atoms with Crippen LogP contribution in [0.2, 0.25) is 0 Å². The van der Waals surface area contributed by atoms with Gasteiger partial charge in [-0.05, 0) is 52.3 Å². The largest absolute Gasteiger partial charge is 0.496 e. The molecule has 1 aromatic carbocycles. The van der Waals surface area contributed by atoms with E-state index in [1.807, 2.05) is 45.9 Å². The van der Waals surface area contributed by atoms with Gasteiger partial charge in [-0.25, -0.2) is 9.59 Å². The molecule has 9 nitrogen and oxygen atoms in total. The van der Waals surface area contributed by atoms with Gasteiger partial charge in [0.25, 0.3) is 0 Å². The minimum Gasteiger partial charge on any atom is -0.496 e. The lowest BCUT2D eigenvalue weighted by Gasteiger charge is -2.30. The van der Waals surface area contributed by atoms with Crippen molar-refractivity contribution in [1.82, 2.24) is 15.2 Å². The van der Waals surface area contributed by atoms with Crippen molar-refractivity contribution < 1.29 is 28.5 Å². The molecule has 36 heavy (non-hydrogen) atoms. The van der Waals surface area contributed by atoms with Gasteiger partial charge in [0.05, 0.1) is 25.2 Å². The highest BCUT2D eigenvalue weighted by molar-refractivity contribution is 5.89. The van der Waals surface area contributed by atoms with Crippen LogP contribution in [0, 0.1) is 12.8 Å². The van der Waals surface area contributed by atoms with E-state index in [-0.39, 0.29) is 18.0 Å². The highest BCUT2D eigenvalue weighted by Gasteiger charge is 2.66. The highest BCUT2D eigenvalue weighted by atomic mass is 16.6. The first-order valence-electron chi connectivity index (χ1n) is 12.3. The summed E-state index contributed by atoms with van der Waals surface area (Å²) in [6.45, 7) is 11.5. The zero-order valence-corrected chi connectivity index (χ0v) is 21.4. The topological polar surface area (TPSA) is 99.2 Å². The van der Waals surface area contributed by atoms with E-state index in [1.54, 1.807) is 24.3 Å². The molecule has 9 heteroatoms. The fourth-order valence-electron chi connectivity index (χ4n) is 5.26. The first kappa shape index (κ1) is 24.4. The fraction of sp³-hybridized carbons (Fsp3) is 0.519. The molecule has 2 aliphatic heterocycles. The molecule has 3 heterocycles. The Bertz CT molecular complexity index is 1220. The Kier molecular flexibility index (Phi) is 5.86. The molecule has 3 fully saturated rings. The quantitative estimate of drug-likeness (QED) is 0.495. The third kappa shape index (κ3) is 4.15. The van der Waals surface area contributed by atoms with Crippen molar-refractivity contribution in [3.63, 3.8) is 0 Å². The number of carbonyl (C=O) groups is 2. The van der Waals surface area contributed by atoms with Crippen molar-refractivity contribution >= 4 is 23.0 Å². The van der Waals surface area contributed by atoms with E-state index in [9.17, 15) is 9.59 Å². The Hall–Kier alpha value is -3.33. The number of hydrogen-bond donors (Lipinski definition) is 1. The van der Waals surface area contributed by atoms with Crippen LogP contribution >= 0.6 is 0 Å². The number of pyridine rings is 1. The molecular weight excluding hydrogens is 462 g/mol. The Balaban J connectivity index is 1.40. The number of aryl methyl sites for hydroxylation is 1. The van der Waals surface area contributed by atoms with Crippen LogP contribution in [0.15, 0.2) is 37.1 Å². The predicted octanol–water partition coefficient (Wildman–Crippen LogP) is 3.73. The van der Waals surface area contributed by atoms with Gasteiger partial charge < -0.3 is 18.9 Å². The average Bonchev–Trinajstić information content (AvgIpc) is 3.21. The average molecular weight is 496 g/mol. The van der Waals surface area contributed by atoms with E-state index in [2.05, 4.69) is 16.9 Å². The second-order valence-corrected chi connectivity index (χ2v) is 10.8. The number of methoxy groups -OCH3 is 1. The van der Waals surface area contributed by atoms with Gasteiger partial charge in [0.15, 0.2) is 6.23 Å². The molecule has 1 saturated carbocycles. The molecule has 3 aliphatic rings. The van der Waals surface area contributed by atoms with Crippen molar-refractivity contribution in [2.45, 2.75) is 70.1 Å². The van der Waals surface area contributed by atoms with Crippen LogP contribution in [0.1, 0.15) is 39.2 Å². The normalized spacial score (nSPS) is 29.4. The monoisotopic (exact) mass is 495 g/mol. The van der Waals surface area contributed by atoms with Crippen molar-refractivity contribution in [3.05, 3.63) is 42.6 Å². The number of ether oxygens (including phenoxy) is 4. The van der Waals surface area contributed by atoms with E-state index in [0.717, 1.165) is 22.2 Å². The number of aromatic nitrogens is 1. The van der Waals surface area contributed by atoms with Gasteiger partial charge in [-0.15, -0.1) is 6.58 Å². The van der Waals surface area contributed by atoms with Gasteiger partial charge in [-0.1, -0.05) is 6.08 Å². The summed E-state index contributed by atoms with van der Waals surface area (Å²) < 4.78 is 23.3. The number of cyclic esters (lactones) is 1. The molecule has 2 saturated heterocycles. The maximum absolute atomic E-state index is 13.2. The van der Waals surface area contributed by atoms with Gasteiger partial charge in [-0.2, -0.15) is 0 Å². The Morgan fingerprint density at radius 1 is 1.31 bits per heavy atom. The standard InChI is InChI=1S/C27H33N3O6/c1-7-16-13-27(16)24(31)35-23(29-27)19-12-17(14-30(19)25(32)36-26(3,4)5)34-21-10-11-28-22-15(2)20(33-6)9-8-18(21)22/h7-11,16-17,19,23,29H,1,12-14H2,2-6H3/t16-,17?,19+,23?,27-/m1/s1. The first-order chi connectivity index (χ1) is 17.1. The van der Waals surface area contributed by atoms with Crippen LogP contribution in [0.4, 0.5) is 4.79 Å². The molecule has 1 N–H and O–H groups in total. The fourth-order valence-corrected chi connectivity index (χ4v) is 5.26. The summed E-state index contributed by atoms with van der Waals surface area (Å²) in [6.07, 6.45) is 3.15. The number of amides is 1. The lowest BCUT2D eigenvalue weighted by molar-refractivity contribution is -0.145. The smallest absolute Gasteiger partial charge is 0.410 e. The summed E-state index contributed by atoms with van der Waals surface area (Å²) in [6, 6.07) is 5.20. The first-order valence-corrected chi connectivity index (χ1v) is 12.3. The molecule has 2 unspecified atom stereocenters. The van der Waals surface area contributed by atoms with E-state index in [0.29, 0.717) is 25.1 Å². The Morgan fingerprint density at radius 2 is 2.08 bits per heavy atom. The molecule has 0 bridgehead atoms. The van der Waals surface area contributed by atoms with Gasteiger partial charge in [0.2, 0.25) is 0 Å². The third-order valence-electron chi connectivity index (χ3n) is 7.17. The number of carbonyl (C=O) groups excluding carboxylic acids is 2. The minimum absolute atomic E-state index is 0.0295. The third-order valence-corrected chi connectivity index (χ3v) is 7.17. The number of benzene rings is 1. The maximum Gasteiger partial charge on any atom is 0.410 e. The molecule has 1 aromatic heterocycles. The van der Waals surface area contributed by atoms with Crippen LogP contribution < -0.4 is 14.8 Å². The Morgan fingerprint density at radius 3 is 2.75 bits per heavy atom. The number of likely N-dealkylation sites (tertiary alicyclic amines) is 1. The zero-order valence-electron chi connectivity index (χ0n) is 21.4. The molecule has 1 spiro atoms. The SMILES string of the molecule is C=C[C@@H]1C[C@@]12NC([C@@H]1CC(Oc3ccnc4c(C)c(OC)ccc34)CN1C(=O)OC(C)(C)C)OC2=O. The molecule has 0 radical (unpaired) electrons. The summed E-state index contributed by atoms with van der Waals surface area (Å²) >= 11 is 0. The summed E-state index contributed by atoms with van der Waals surface area (Å²) in [5, 5.41) is 4.20. The second kappa shape index (κ2) is 8.65. The summed E-state index contributed by atoms with van der Waals surface area (Å²) in [4.78, 5) is 32.0. The van der Waals surface area contributed by atoms with E-state index in [4.69, 9.17) is 18.9 Å². The number of rotatable bonds is 5. The number of nitrogens with one attached hydrogen (secondary N) is 1. The van der Waals surface area contributed by atoms with Crippen molar-refractivity contribution in [1.29, 1.82) is 0 Å².